The van der Waals surface area contributed by atoms with E-state index in [0.717, 1.165) is 12.8 Å². The summed E-state index contributed by atoms with van der Waals surface area (Å²) >= 11 is 0. The Balaban J connectivity index is 1.48. The van der Waals surface area contributed by atoms with Crippen LogP contribution in [0.3, 0.4) is 0 Å². The summed E-state index contributed by atoms with van der Waals surface area (Å²) in [5.41, 5.74) is 2.32. The van der Waals surface area contributed by atoms with Crippen molar-refractivity contribution in [3.8, 4) is 11.5 Å². The third-order valence-corrected chi connectivity index (χ3v) is 7.95. The Hall–Kier alpha value is -3.80. The van der Waals surface area contributed by atoms with Crippen LogP contribution in [0.15, 0.2) is 40.9 Å². The van der Waals surface area contributed by atoms with Crippen molar-refractivity contribution >= 4 is 33.3 Å². The predicted molar refractivity (Wildman–Crippen MR) is 138 cm³/mol. The van der Waals surface area contributed by atoms with E-state index >= 15 is 0 Å². The molecular weight excluding hydrogens is 515 g/mol. The summed E-state index contributed by atoms with van der Waals surface area (Å²) in [5, 5.41) is 16.2. The number of amides is 1. The number of aryl methyl sites for hydroxylation is 3. The summed E-state index contributed by atoms with van der Waals surface area (Å²) in [6.07, 6.45) is 2.74. The van der Waals surface area contributed by atoms with Crippen LogP contribution in [0.2, 0.25) is 0 Å². The minimum atomic E-state index is -3.80. The Labute approximate surface area is 219 Å². The van der Waals surface area contributed by atoms with Gasteiger partial charge in [-0.15, -0.1) is 0 Å². The summed E-state index contributed by atoms with van der Waals surface area (Å²) in [6, 6.07) is 8.79. The number of sulfonamides is 1. The van der Waals surface area contributed by atoms with Gasteiger partial charge in [0.05, 0.1) is 29.0 Å². The van der Waals surface area contributed by atoms with Crippen LogP contribution in [0.1, 0.15) is 42.6 Å². The minimum Gasteiger partial charge on any atom is -0.481 e. The average Bonchev–Trinajstić information content (AvgIpc) is 3.24. The van der Waals surface area contributed by atoms with Gasteiger partial charge < -0.3 is 14.9 Å². The van der Waals surface area contributed by atoms with Gasteiger partial charge in [0.1, 0.15) is 22.9 Å². The number of carbonyl (C=O) groups excluding carboxylic acids is 1. The van der Waals surface area contributed by atoms with Gasteiger partial charge in [0, 0.05) is 0 Å². The van der Waals surface area contributed by atoms with Gasteiger partial charge in [-0.3, -0.25) is 14.3 Å². The van der Waals surface area contributed by atoms with Crippen molar-refractivity contribution in [2.75, 3.05) is 15.8 Å². The fraction of sp³-hybridized carbons (Fsp3) is 0.385. The van der Waals surface area contributed by atoms with Gasteiger partial charge in [-0.1, -0.05) is 30.1 Å². The standard InChI is InChI=1S/C26H29FN4O6S/c1-15-21(29-25(32)19-5-3-4-6-20(19)26(33)34)11-12-22(28-15)24-23(16(2)30-37-24)31-38(35,36)14-13-17-7-9-18(27)10-8-17/h7-12,19-20,31H,3-6,13-14H2,1-2H3,(H,29,32)(H,33,34)/t19-,20-/m0/s1. The van der Waals surface area contributed by atoms with Crippen molar-refractivity contribution < 1.29 is 32.0 Å². The molecule has 2 atom stereocenters. The van der Waals surface area contributed by atoms with E-state index in [1.807, 2.05) is 0 Å². The second kappa shape index (κ2) is 11.3. The van der Waals surface area contributed by atoms with Crippen molar-refractivity contribution in [1.29, 1.82) is 0 Å². The Morgan fingerprint density at radius 1 is 1.05 bits per heavy atom. The molecule has 3 aromatic rings. The van der Waals surface area contributed by atoms with E-state index < -0.39 is 33.6 Å². The van der Waals surface area contributed by atoms with Crippen molar-refractivity contribution in [3.05, 3.63) is 59.2 Å². The number of hydrogen-bond donors (Lipinski definition) is 3. The molecule has 1 aliphatic rings. The quantitative estimate of drug-likeness (QED) is 0.361. The van der Waals surface area contributed by atoms with Gasteiger partial charge in [0.2, 0.25) is 21.7 Å². The van der Waals surface area contributed by atoms with Gasteiger partial charge in [-0.2, -0.15) is 0 Å². The topological polar surface area (TPSA) is 151 Å². The van der Waals surface area contributed by atoms with E-state index in [1.54, 1.807) is 26.0 Å². The number of nitrogens with one attached hydrogen (secondary N) is 2. The molecule has 1 saturated carbocycles. The van der Waals surface area contributed by atoms with Crippen LogP contribution >= 0.6 is 0 Å². The number of benzene rings is 1. The zero-order valence-electron chi connectivity index (χ0n) is 21.0. The van der Waals surface area contributed by atoms with E-state index in [2.05, 4.69) is 20.2 Å². The average molecular weight is 545 g/mol. The van der Waals surface area contributed by atoms with Crippen LogP contribution < -0.4 is 10.0 Å². The third-order valence-electron chi connectivity index (χ3n) is 6.69. The largest absolute Gasteiger partial charge is 0.481 e. The molecule has 0 spiro atoms. The molecule has 1 fully saturated rings. The first-order valence-corrected chi connectivity index (χ1v) is 13.9. The fourth-order valence-electron chi connectivity index (χ4n) is 4.56. The van der Waals surface area contributed by atoms with Gasteiger partial charge >= 0.3 is 5.97 Å². The summed E-state index contributed by atoms with van der Waals surface area (Å²) in [4.78, 5) is 28.9. The molecule has 12 heteroatoms. The monoisotopic (exact) mass is 544 g/mol. The van der Waals surface area contributed by atoms with Gasteiger partial charge in [-0.25, -0.2) is 17.8 Å². The van der Waals surface area contributed by atoms with Crippen LogP contribution in [-0.4, -0.2) is 41.3 Å². The van der Waals surface area contributed by atoms with Gasteiger partial charge in [0.25, 0.3) is 0 Å². The highest BCUT2D eigenvalue weighted by atomic mass is 32.2. The lowest BCUT2D eigenvalue weighted by Gasteiger charge is -2.27. The number of nitrogens with zero attached hydrogens (tertiary/aromatic N) is 2. The molecule has 1 aromatic carbocycles. The molecule has 38 heavy (non-hydrogen) atoms. The molecule has 10 nitrogen and oxygen atoms in total. The van der Waals surface area contributed by atoms with E-state index in [1.165, 1.54) is 24.3 Å². The lowest BCUT2D eigenvalue weighted by Crippen LogP contribution is -2.36. The maximum Gasteiger partial charge on any atom is 0.307 e. The highest BCUT2D eigenvalue weighted by Gasteiger charge is 2.36. The molecule has 2 heterocycles. The summed E-state index contributed by atoms with van der Waals surface area (Å²) in [7, 11) is -3.80. The van der Waals surface area contributed by atoms with Crippen molar-refractivity contribution in [3.63, 3.8) is 0 Å². The fourth-order valence-corrected chi connectivity index (χ4v) is 5.72. The summed E-state index contributed by atoms with van der Waals surface area (Å²) in [5.74, 6) is -3.18. The number of halogens is 1. The first kappa shape index (κ1) is 27.2. The molecule has 2 aromatic heterocycles. The molecule has 0 aliphatic heterocycles. The van der Waals surface area contributed by atoms with E-state index in [0.29, 0.717) is 41.2 Å². The lowest BCUT2D eigenvalue weighted by atomic mass is 9.78. The van der Waals surface area contributed by atoms with Crippen LogP contribution in [0.4, 0.5) is 15.8 Å². The number of carboxylic acid groups (broad SMARTS) is 1. The number of anilines is 2. The molecule has 1 aliphatic carbocycles. The minimum absolute atomic E-state index is 0.118. The number of aliphatic carboxylic acids is 1. The Morgan fingerprint density at radius 2 is 1.74 bits per heavy atom. The second-order valence-electron chi connectivity index (χ2n) is 9.42. The van der Waals surface area contributed by atoms with Gasteiger partial charge in [-0.05, 0) is 62.9 Å². The Bertz CT molecular complexity index is 1440. The van der Waals surface area contributed by atoms with Crippen molar-refractivity contribution in [2.45, 2.75) is 46.0 Å². The van der Waals surface area contributed by atoms with Crippen LogP contribution in [0, 0.1) is 31.5 Å². The van der Waals surface area contributed by atoms with Gasteiger partial charge in [0.15, 0.2) is 0 Å². The van der Waals surface area contributed by atoms with Crippen molar-refractivity contribution in [1.82, 2.24) is 10.1 Å². The molecule has 1 amide bonds. The molecule has 0 saturated heterocycles. The number of aromatic nitrogens is 2. The molecule has 3 N–H and O–H groups in total. The number of hydrogen-bond acceptors (Lipinski definition) is 7. The number of rotatable bonds is 9. The molecule has 4 rings (SSSR count). The smallest absolute Gasteiger partial charge is 0.307 e. The molecule has 0 bridgehead atoms. The SMILES string of the molecule is Cc1nc(-c2onc(C)c2NS(=O)(=O)CCc2ccc(F)cc2)ccc1NC(=O)[C@H]1CCCC[C@@H]1C(=O)O. The molecular formula is C26H29FN4O6S. The van der Waals surface area contributed by atoms with Crippen LogP contribution in [0.25, 0.3) is 11.5 Å². The zero-order valence-corrected chi connectivity index (χ0v) is 21.8. The summed E-state index contributed by atoms with van der Waals surface area (Å²) < 4.78 is 46.6. The number of carbonyl (C=O) groups is 2. The number of pyridine rings is 1. The predicted octanol–water partition coefficient (Wildman–Crippen LogP) is 4.31. The highest BCUT2D eigenvalue weighted by Crippen LogP contribution is 2.34. The van der Waals surface area contributed by atoms with Crippen LogP contribution in [0.5, 0.6) is 0 Å². The first-order chi connectivity index (χ1) is 18.0. The summed E-state index contributed by atoms with van der Waals surface area (Å²) in [6.45, 7) is 3.26. The maximum absolute atomic E-state index is 13.1. The lowest BCUT2D eigenvalue weighted by molar-refractivity contribution is -0.147. The first-order valence-electron chi connectivity index (χ1n) is 12.3. The van der Waals surface area contributed by atoms with Crippen LogP contribution in [-0.2, 0) is 26.0 Å². The van der Waals surface area contributed by atoms with E-state index in [9.17, 15) is 27.5 Å². The number of carboxylic acids is 1. The van der Waals surface area contributed by atoms with E-state index in [4.69, 9.17) is 4.52 Å². The Kier molecular flexibility index (Phi) is 8.10. The highest BCUT2D eigenvalue weighted by molar-refractivity contribution is 7.92. The molecule has 0 unspecified atom stereocenters. The molecule has 0 radical (unpaired) electrons. The maximum atomic E-state index is 13.1. The third kappa shape index (κ3) is 6.36. The normalized spacial score (nSPS) is 17.7. The van der Waals surface area contributed by atoms with Crippen molar-refractivity contribution in [2.24, 2.45) is 11.8 Å². The zero-order chi connectivity index (χ0) is 27.4. The molecule has 202 valence electrons. The Morgan fingerprint density at radius 3 is 2.39 bits per heavy atom. The second-order valence-corrected chi connectivity index (χ2v) is 11.3. The van der Waals surface area contributed by atoms with E-state index in [-0.39, 0.29) is 29.5 Å².